The highest BCUT2D eigenvalue weighted by atomic mass is 35.5. The summed E-state index contributed by atoms with van der Waals surface area (Å²) in [4.78, 5) is 30.8. The number of benzene rings is 1. The van der Waals surface area contributed by atoms with E-state index in [0.29, 0.717) is 22.9 Å². The second-order valence-corrected chi connectivity index (χ2v) is 7.03. The number of nitrogens with zero attached hydrogens (tertiary/aromatic N) is 2. The first-order chi connectivity index (χ1) is 12.6. The van der Waals surface area contributed by atoms with Crippen LogP contribution in [0.5, 0.6) is 0 Å². The zero-order valence-corrected chi connectivity index (χ0v) is 15.5. The van der Waals surface area contributed by atoms with Crippen molar-refractivity contribution in [3.8, 4) is 0 Å². The largest absolute Gasteiger partial charge is 0.341 e. The van der Waals surface area contributed by atoms with Crippen LogP contribution in [0.1, 0.15) is 41.7 Å². The molecule has 0 aliphatic heterocycles. The molecule has 0 atom stereocenters. The van der Waals surface area contributed by atoms with Gasteiger partial charge in [-0.05, 0) is 36.6 Å². The van der Waals surface area contributed by atoms with Crippen molar-refractivity contribution in [2.75, 3.05) is 12.4 Å². The van der Waals surface area contributed by atoms with E-state index in [0.717, 1.165) is 31.2 Å². The summed E-state index contributed by atoms with van der Waals surface area (Å²) in [6, 6.07) is 10.6. The van der Waals surface area contributed by atoms with Gasteiger partial charge in [0.2, 0.25) is 5.91 Å². The normalized spacial score (nSPS) is 14.2. The third-order valence-electron chi connectivity index (χ3n) is 4.72. The first kappa shape index (κ1) is 18.4. The predicted octanol–water partition coefficient (Wildman–Crippen LogP) is 4.14. The molecule has 5 nitrogen and oxygen atoms in total. The fourth-order valence-electron chi connectivity index (χ4n) is 3.33. The van der Waals surface area contributed by atoms with Crippen LogP contribution in [0.2, 0.25) is 5.02 Å². The number of carbonyl (C=O) groups excluding carboxylic acids is 2. The minimum absolute atomic E-state index is 0.116. The number of amides is 2. The van der Waals surface area contributed by atoms with Crippen LogP contribution in [0.3, 0.4) is 0 Å². The van der Waals surface area contributed by atoms with Crippen LogP contribution >= 0.6 is 11.6 Å². The van der Waals surface area contributed by atoms with Crippen molar-refractivity contribution in [2.45, 2.75) is 32.2 Å². The second-order valence-electron chi connectivity index (χ2n) is 6.62. The molecule has 1 aliphatic rings. The second kappa shape index (κ2) is 8.32. The molecule has 1 aliphatic carbocycles. The molecule has 2 amide bonds. The third kappa shape index (κ3) is 4.22. The lowest BCUT2D eigenvalue weighted by molar-refractivity contribution is -0.134. The van der Waals surface area contributed by atoms with E-state index in [-0.39, 0.29) is 17.7 Å². The Labute approximate surface area is 158 Å². The maximum absolute atomic E-state index is 12.6. The Morgan fingerprint density at radius 1 is 1.19 bits per heavy atom. The highest BCUT2D eigenvalue weighted by Crippen LogP contribution is 2.30. The minimum Gasteiger partial charge on any atom is -0.341 e. The van der Waals surface area contributed by atoms with Gasteiger partial charge in [0.1, 0.15) is 5.69 Å². The van der Waals surface area contributed by atoms with Crippen molar-refractivity contribution in [2.24, 2.45) is 5.92 Å². The van der Waals surface area contributed by atoms with Crippen molar-refractivity contribution in [1.82, 2.24) is 9.88 Å². The van der Waals surface area contributed by atoms with Crippen LogP contribution in [-0.4, -0.2) is 28.7 Å². The molecule has 1 fully saturated rings. The highest BCUT2D eigenvalue weighted by Gasteiger charge is 2.26. The molecule has 2 aromatic rings. The molecule has 1 aromatic carbocycles. The molecule has 1 aromatic heterocycles. The summed E-state index contributed by atoms with van der Waals surface area (Å²) >= 11 is 6.31. The topological polar surface area (TPSA) is 62.3 Å². The van der Waals surface area contributed by atoms with Crippen LogP contribution in [-0.2, 0) is 11.3 Å². The molecule has 0 bridgehead atoms. The van der Waals surface area contributed by atoms with E-state index in [4.69, 9.17) is 11.6 Å². The average Bonchev–Trinajstić information content (AvgIpc) is 3.19. The van der Waals surface area contributed by atoms with E-state index >= 15 is 0 Å². The number of aromatic nitrogens is 1. The third-order valence-corrected chi connectivity index (χ3v) is 5.04. The van der Waals surface area contributed by atoms with Gasteiger partial charge in [-0.3, -0.25) is 14.6 Å². The number of halogens is 1. The molecule has 1 heterocycles. The Balaban J connectivity index is 1.76. The number of nitrogens with one attached hydrogen (secondary N) is 1. The first-order valence-corrected chi connectivity index (χ1v) is 9.19. The lowest BCUT2D eigenvalue weighted by Gasteiger charge is -2.23. The zero-order valence-electron chi connectivity index (χ0n) is 14.7. The number of para-hydroxylation sites is 1. The van der Waals surface area contributed by atoms with E-state index in [1.807, 2.05) is 12.1 Å². The summed E-state index contributed by atoms with van der Waals surface area (Å²) in [7, 11) is 1.80. The van der Waals surface area contributed by atoms with Crippen LogP contribution in [0.4, 0.5) is 5.69 Å². The molecular weight excluding hydrogens is 350 g/mol. The fraction of sp³-hybridized carbons (Fsp3) is 0.350. The summed E-state index contributed by atoms with van der Waals surface area (Å²) in [5, 5.41) is 3.28. The van der Waals surface area contributed by atoms with Crippen molar-refractivity contribution in [1.29, 1.82) is 0 Å². The van der Waals surface area contributed by atoms with Crippen LogP contribution in [0.25, 0.3) is 0 Å². The summed E-state index contributed by atoms with van der Waals surface area (Å²) in [5.74, 6) is -0.0556. The molecule has 26 heavy (non-hydrogen) atoms. The Morgan fingerprint density at radius 2 is 1.96 bits per heavy atom. The van der Waals surface area contributed by atoms with Gasteiger partial charge in [-0.1, -0.05) is 42.6 Å². The van der Waals surface area contributed by atoms with Crippen molar-refractivity contribution < 1.29 is 9.59 Å². The Bertz CT molecular complexity index is 789. The smallest absolute Gasteiger partial charge is 0.274 e. The number of pyridine rings is 1. The van der Waals surface area contributed by atoms with E-state index in [2.05, 4.69) is 10.3 Å². The molecule has 6 heteroatoms. The summed E-state index contributed by atoms with van der Waals surface area (Å²) in [5.41, 5.74) is 1.64. The van der Waals surface area contributed by atoms with Crippen molar-refractivity contribution in [3.05, 3.63) is 58.9 Å². The number of hydrogen-bond donors (Lipinski definition) is 1. The monoisotopic (exact) mass is 371 g/mol. The average molecular weight is 372 g/mol. The number of hydrogen-bond acceptors (Lipinski definition) is 3. The first-order valence-electron chi connectivity index (χ1n) is 8.81. The lowest BCUT2D eigenvalue weighted by Crippen LogP contribution is -2.31. The van der Waals surface area contributed by atoms with Crippen LogP contribution in [0.15, 0.2) is 42.6 Å². The molecule has 1 saturated carbocycles. The van der Waals surface area contributed by atoms with E-state index in [1.165, 1.54) is 0 Å². The molecule has 0 spiro atoms. The quantitative estimate of drug-likeness (QED) is 0.859. The number of carbonyl (C=O) groups is 2. The maximum Gasteiger partial charge on any atom is 0.274 e. The van der Waals surface area contributed by atoms with Crippen LogP contribution < -0.4 is 5.32 Å². The molecule has 0 saturated heterocycles. The molecule has 0 radical (unpaired) electrons. The van der Waals surface area contributed by atoms with E-state index < -0.39 is 0 Å². The number of rotatable bonds is 5. The molecule has 3 rings (SSSR count). The van der Waals surface area contributed by atoms with Crippen molar-refractivity contribution >= 4 is 29.1 Å². The highest BCUT2D eigenvalue weighted by molar-refractivity contribution is 6.34. The fourth-order valence-corrected chi connectivity index (χ4v) is 3.57. The minimum atomic E-state index is -0.329. The van der Waals surface area contributed by atoms with Crippen molar-refractivity contribution in [3.63, 3.8) is 0 Å². The predicted molar refractivity (Wildman–Crippen MR) is 102 cm³/mol. The van der Waals surface area contributed by atoms with E-state index in [9.17, 15) is 9.59 Å². The van der Waals surface area contributed by atoms with Gasteiger partial charge in [0.15, 0.2) is 0 Å². The lowest BCUT2D eigenvalue weighted by atomic mass is 10.1. The van der Waals surface area contributed by atoms with Gasteiger partial charge in [0.25, 0.3) is 5.91 Å². The Morgan fingerprint density at radius 3 is 2.65 bits per heavy atom. The van der Waals surface area contributed by atoms with Gasteiger partial charge in [-0.15, -0.1) is 0 Å². The maximum atomic E-state index is 12.6. The van der Waals surface area contributed by atoms with Gasteiger partial charge in [0.05, 0.1) is 10.7 Å². The summed E-state index contributed by atoms with van der Waals surface area (Å²) < 4.78 is 0. The number of anilines is 1. The van der Waals surface area contributed by atoms with Gasteiger partial charge in [0, 0.05) is 25.7 Å². The molecule has 136 valence electrons. The van der Waals surface area contributed by atoms with Gasteiger partial charge >= 0.3 is 0 Å². The summed E-state index contributed by atoms with van der Waals surface area (Å²) in [6.45, 7) is 0.397. The van der Waals surface area contributed by atoms with E-state index in [1.54, 1.807) is 42.4 Å². The molecule has 0 unspecified atom stereocenters. The van der Waals surface area contributed by atoms with Gasteiger partial charge in [-0.25, -0.2) is 0 Å². The Kier molecular flexibility index (Phi) is 5.89. The van der Waals surface area contributed by atoms with Gasteiger partial charge < -0.3 is 10.2 Å². The zero-order chi connectivity index (χ0) is 18.5. The summed E-state index contributed by atoms with van der Waals surface area (Å²) in [6.07, 6.45) is 5.72. The van der Waals surface area contributed by atoms with Gasteiger partial charge in [-0.2, -0.15) is 0 Å². The molecule has 1 N–H and O–H groups in total. The SMILES string of the molecule is CN(Cc1cccc(Cl)c1NC(=O)c1ccccn1)C(=O)C1CCCC1. The standard InChI is InChI=1S/C20H22ClN3O2/c1-24(20(26)14-7-2-3-8-14)13-15-9-6-10-16(21)18(15)23-19(25)17-11-4-5-12-22-17/h4-6,9-12,14H,2-3,7-8,13H2,1H3,(H,23,25). The van der Waals surface area contributed by atoms with Crippen LogP contribution in [0, 0.1) is 5.92 Å². The Hall–Kier alpha value is -2.40. The molecular formula is C20H22ClN3O2.